The average Bonchev–Trinajstić information content (AvgIpc) is 3.68. The molecule has 0 saturated carbocycles. The molecular formula is C53H33N3O. The zero-order valence-electron chi connectivity index (χ0n) is 30.8. The first kappa shape index (κ1) is 32.7. The quantitative estimate of drug-likeness (QED) is 0.160. The summed E-state index contributed by atoms with van der Waals surface area (Å²) >= 11 is 0. The molecule has 0 N–H and O–H groups in total. The maximum Gasteiger partial charge on any atom is 0.160 e. The highest BCUT2D eigenvalue weighted by Crippen LogP contribution is 2.42. The summed E-state index contributed by atoms with van der Waals surface area (Å²) in [7, 11) is 0. The maximum absolute atomic E-state index is 6.38. The van der Waals surface area contributed by atoms with Crippen molar-refractivity contribution >= 4 is 43.6 Å². The second-order valence-corrected chi connectivity index (χ2v) is 14.4. The molecule has 0 aliphatic rings. The van der Waals surface area contributed by atoms with Gasteiger partial charge in [0.15, 0.2) is 5.82 Å². The second-order valence-electron chi connectivity index (χ2n) is 14.4. The summed E-state index contributed by atoms with van der Waals surface area (Å²) in [5, 5.41) is 5.61. The van der Waals surface area contributed by atoms with E-state index in [2.05, 4.69) is 146 Å². The SMILES string of the molecule is c1ccc(-c2cc(-c3ccc(-c4ccc(-c5ccc6nc(-c7ccccc7)c7ccc8oc9ccccc9c8c7c6c5)cc4)cc3)nc(-c3ccccc3)n2)cc1. The van der Waals surface area contributed by atoms with Gasteiger partial charge in [0, 0.05) is 49.2 Å². The van der Waals surface area contributed by atoms with Gasteiger partial charge in [-0.3, -0.25) is 0 Å². The van der Waals surface area contributed by atoms with Gasteiger partial charge in [0.25, 0.3) is 0 Å². The Kier molecular flexibility index (Phi) is 7.78. The smallest absolute Gasteiger partial charge is 0.160 e. The van der Waals surface area contributed by atoms with Crippen molar-refractivity contribution in [3.05, 3.63) is 200 Å². The standard InChI is InChI=1S/C53H33N3O/c1-4-12-37(13-5-1)46-33-47(56-53(55-46)40-16-8-3-9-17-40)38-26-24-35(25-27-38)34-20-22-36(23-21-34)41-28-30-45-44(32-41)50-43(52(54-45)39-14-6-2-7-15-39)29-31-49-51(50)42-18-10-11-19-48(42)57-49/h1-33H. The first-order valence-electron chi connectivity index (χ1n) is 19.2. The number of pyridine rings is 1. The molecule has 0 fully saturated rings. The molecule has 11 rings (SSSR count). The molecule has 4 nitrogen and oxygen atoms in total. The topological polar surface area (TPSA) is 51.8 Å². The molecule has 0 bridgehead atoms. The number of aromatic nitrogens is 3. The van der Waals surface area contributed by atoms with Gasteiger partial charge in [0.05, 0.1) is 22.6 Å². The molecule has 57 heavy (non-hydrogen) atoms. The van der Waals surface area contributed by atoms with Crippen LogP contribution in [0.2, 0.25) is 0 Å². The van der Waals surface area contributed by atoms with E-state index in [1.54, 1.807) is 0 Å². The molecule has 0 spiro atoms. The molecular weight excluding hydrogens is 695 g/mol. The number of benzene rings is 8. The third-order valence-corrected chi connectivity index (χ3v) is 10.9. The normalized spacial score (nSPS) is 11.5. The summed E-state index contributed by atoms with van der Waals surface area (Å²) in [6.45, 7) is 0. The monoisotopic (exact) mass is 727 g/mol. The van der Waals surface area contributed by atoms with Crippen molar-refractivity contribution in [3.63, 3.8) is 0 Å². The summed E-state index contributed by atoms with van der Waals surface area (Å²) in [5.74, 6) is 0.711. The largest absolute Gasteiger partial charge is 0.456 e. The number of nitrogens with zero attached hydrogens (tertiary/aromatic N) is 3. The molecule has 8 aromatic carbocycles. The first-order valence-corrected chi connectivity index (χ1v) is 19.2. The lowest BCUT2D eigenvalue weighted by molar-refractivity contribution is 0.669. The molecule has 3 aromatic heterocycles. The van der Waals surface area contributed by atoms with Crippen LogP contribution in [0, 0.1) is 0 Å². The van der Waals surface area contributed by atoms with E-state index in [1.807, 2.05) is 54.6 Å². The Morgan fingerprint density at radius 1 is 0.298 bits per heavy atom. The van der Waals surface area contributed by atoms with Crippen molar-refractivity contribution in [2.75, 3.05) is 0 Å². The number of hydrogen-bond acceptors (Lipinski definition) is 4. The van der Waals surface area contributed by atoms with Crippen LogP contribution in [0.3, 0.4) is 0 Å². The molecule has 0 aliphatic heterocycles. The van der Waals surface area contributed by atoms with Crippen molar-refractivity contribution in [3.8, 4) is 67.4 Å². The maximum atomic E-state index is 6.38. The first-order chi connectivity index (χ1) is 28.2. The van der Waals surface area contributed by atoms with E-state index in [0.717, 1.165) is 105 Å². The van der Waals surface area contributed by atoms with Crippen LogP contribution in [0.15, 0.2) is 205 Å². The Morgan fingerprint density at radius 2 is 0.825 bits per heavy atom. The number of fused-ring (bicyclic) bond motifs is 7. The van der Waals surface area contributed by atoms with Gasteiger partial charge in [-0.05, 0) is 58.7 Å². The fraction of sp³-hybridized carbons (Fsp3) is 0. The molecule has 0 saturated heterocycles. The predicted octanol–water partition coefficient (Wildman–Crippen LogP) is 14.1. The van der Waals surface area contributed by atoms with Gasteiger partial charge in [-0.2, -0.15) is 0 Å². The molecule has 0 amide bonds. The minimum Gasteiger partial charge on any atom is -0.456 e. The van der Waals surface area contributed by atoms with Crippen LogP contribution in [0.5, 0.6) is 0 Å². The number of hydrogen-bond donors (Lipinski definition) is 0. The van der Waals surface area contributed by atoms with Gasteiger partial charge < -0.3 is 4.42 Å². The highest BCUT2D eigenvalue weighted by atomic mass is 16.3. The van der Waals surface area contributed by atoms with E-state index in [1.165, 1.54) is 0 Å². The summed E-state index contributed by atoms with van der Waals surface area (Å²) < 4.78 is 6.38. The van der Waals surface area contributed by atoms with Crippen molar-refractivity contribution in [1.82, 2.24) is 15.0 Å². The van der Waals surface area contributed by atoms with Gasteiger partial charge in [-0.15, -0.1) is 0 Å². The van der Waals surface area contributed by atoms with Crippen LogP contribution in [0.4, 0.5) is 0 Å². The highest BCUT2D eigenvalue weighted by molar-refractivity contribution is 6.28. The molecule has 0 aliphatic carbocycles. The number of furan rings is 1. The Morgan fingerprint density at radius 3 is 1.49 bits per heavy atom. The van der Waals surface area contributed by atoms with E-state index in [4.69, 9.17) is 19.4 Å². The zero-order chi connectivity index (χ0) is 37.7. The van der Waals surface area contributed by atoms with E-state index < -0.39 is 0 Å². The number of rotatable bonds is 6. The van der Waals surface area contributed by atoms with Crippen LogP contribution in [0.1, 0.15) is 0 Å². The minimum absolute atomic E-state index is 0.711. The van der Waals surface area contributed by atoms with Gasteiger partial charge in [0.2, 0.25) is 0 Å². The van der Waals surface area contributed by atoms with E-state index in [-0.39, 0.29) is 0 Å². The second kappa shape index (κ2) is 13.6. The molecule has 0 unspecified atom stereocenters. The van der Waals surface area contributed by atoms with Crippen LogP contribution in [0.25, 0.3) is 111 Å². The Hall–Kier alpha value is -7.69. The Bertz CT molecular complexity index is 3190. The molecule has 11 aromatic rings. The van der Waals surface area contributed by atoms with Crippen molar-refractivity contribution in [2.45, 2.75) is 0 Å². The molecule has 3 heterocycles. The lowest BCUT2D eigenvalue weighted by atomic mass is 9.94. The summed E-state index contributed by atoms with van der Waals surface area (Å²) in [6, 6.07) is 69.7. The van der Waals surface area contributed by atoms with E-state index in [9.17, 15) is 0 Å². The third-order valence-electron chi connectivity index (χ3n) is 10.9. The van der Waals surface area contributed by atoms with Crippen LogP contribution in [-0.4, -0.2) is 15.0 Å². The van der Waals surface area contributed by atoms with Gasteiger partial charge in [-0.1, -0.05) is 164 Å². The Labute approximate surface area is 329 Å². The number of para-hydroxylation sites is 1. The van der Waals surface area contributed by atoms with Crippen LogP contribution in [-0.2, 0) is 0 Å². The fourth-order valence-corrected chi connectivity index (χ4v) is 8.06. The third kappa shape index (κ3) is 5.83. The molecule has 266 valence electrons. The summed E-state index contributed by atoms with van der Waals surface area (Å²) in [5.41, 5.74) is 14.2. The van der Waals surface area contributed by atoms with Gasteiger partial charge in [-0.25, -0.2) is 15.0 Å². The van der Waals surface area contributed by atoms with Crippen molar-refractivity contribution < 1.29 is 4.42 Å². The molecule has 0 atom stereocenters. The Balaban J connectivity index is 0.967. The molecule has 0 radical (unpaired) electrons. The predicted molar refractivity (Wildman–Crippen MR) is 235 cm³/mol. The van der Waals surface area contributed by atoms with Crippen molar-refractivity contribution in [2.24, 2.45) is 0 Å². The van der Waals surface area contributed by atoms with Gasteiger partial charge >= 0.3 is 0 Å². The van der Waals surface area contributed by atoms with Crippen LogP contribution >= 0.6 is 0 Å². The average molecular weight is 728 g/mol. The lowest BCUT2D eigenvalue weighted by Gasteiger charge is -2.13. The van der Waals surface area contributed by atoms with Crippen LogP contribution < -0.4 is 0 Å². The fourth-order valence-electron chi connectivity index (χ4n) is 8.06. The van der Waals surface area contributed by atoms with Gasteiger partial charge in [0.1, 0.15) is 11.2 Å². The minimum atomic E-state index is 0.711. The summed E-state index contributed by atoms with van der Waals surface area (Å²) in [6.07, 6.45) is 0. The molecule has 4 heteroatoms. The lowest BCUT2D eigenvalue weighted by Crippen LogP contribution is -1.95. The highest BCUT2D eigenvalue weighted by Gasteiger charge is 2.18. The summed E-state index contributed by atoms with van der Waals surface area (Å²) in [4.78, 5) is 15.2. The van der Waals surface area contributed by atoms with Crippen molar-refractivity contribution in [1.29, 1.82) is 0 Å². The zero-order valence-corrected chi connectivity index (χ0v) is 30.8. The van der Waals surface area contributed by atoms with E-state index >= 15 is 0 Å². The van der Waals surface area contributed by atoms with E-state index in [0.29, 0.717) is 5.82 Å².